The summed E-state index contributed by atoms with van der Waals surface area (Å²) in [5.41, 5.74) is 5.77. The van der Waals surface area contributed by atoms with Gasteiger partial charge < -0.3 is 10.2 Å². The number of nitriles is 1. The Kier molecular flexibility index (Phi) is 2.34. The fourth-order valence-corrected chi connectivity index (χ4v) is 0.917. The van der Waals surface area contributed by atoms with E-state index >= 15 is 0 Å². The molecule has 56 valence electrons. The summed E-state index contributed by atoms with van der Waals surface area (Å²) in [6, 6.07) is 5.22. The Balaban J connectivity index is 2.95. The lowest BCUT2D eigenvalue weighted by Gasteiger charge is -1.90. The third-order valence-electron chi connectivity index (χ3n) is 1.08. The van der Waals surface area contributed by atoms with Gasteiger partial charge >= 0.3 is 0 Å². The van der Waals surface area contributed by atoms with E-state index in [0.717, 1.165) is 0 Å². The minimum Gasteiger partial charge on any atom is -0.448 e. The van der Waals surface area contributed by atoms with Gasteiger partial charge in [0.05, 0.1) is 11.8 Å². The lowest BCUT2D eigenvalue weighted by atomic mass is 10.3. The van der Waals surface area contributed by atoms with Crippen molar-refractivity contribution in [2.24, 2.45) is 5.73 Å². The van der Waals surface area contributed by atoms with Crippen molar-refractivity contribution in [1.82, 2.24) is 0 Å². The number of hydrogen-bond donors (Lipinski definition) is 1. The zero-order valence-corrected chi connectivity index (χ0v) is 7.13. The molecule has 2 N–H and O–H groups in total. The van der Waals surface area contributed by atoms with Gasteiger partial charge in [-0.05, 0) is 28.1 Å². The third kappa shape index (κ3) is 1.85. The zero-order chi connectivity index (χ0) is 8.27. The lowest BCUT2D eigenvalue weighted by molar-refractivity contribution is 0.527. The molecule has 11 heavy (non-hydrogen) atoms. The van der Waals surface area contributed by atoms with Crippen LogP contribution in [0, 0.1) is 11.3 Å². The van der Waals surface area contributed by atoms with Crippen LogP contribution in [-0.4, -0.2) is 0 Å². The Labute approximate surface area is 72.2 Å². The van der Waals surface area contributed by atoms with Gasteiger partial charge in [-0.2, -0.15) is 5.26 Å². The molecular formula is C7H5BrN2O. The molecule has 0 fully saturated rings. The second kappa shape index (κ2) is 3.26. The Morgan fingerprint density at radius 1 is 1.73 bits per heavy atom. The molecule has 0 atom stereocenters. The number of halogens is 1. The van der Waals surface area contributed by atoms with Crippen molar-refractivity contribution in [3.63, 3.8) is 0 Å². The minimum atomic E-state index is 0.332. The van der Waals surface area contributed by atoms with Crippen LogP contribution in [0.3, 0.4) is 0 Å². The second-order valence-electron chi connectivity index (χ2n) is 1.83. The maximum absolute atomic E-state index is 8.25. The fourth-order valence-electron chi connectivity index (χ4n) is 0.610. The maximum atomic E-state index is 8.25. The van der Waals surface area contributed by atoms with Crippen LogP contribution < -0.4 is 5.73 Å². The molecule has 1 heterocycles. The maximum Gasteiger partial charge on any atom is 0.169 e. The quantitative estimate of drug-likeness (QED) is 0.724. The van der Waals surface area contributed by atoms with Gasteiger partial charge in [-0.15, -0.1) is 0 Å². The number of allylic oxidation sites excluding steroid dienone is 1. The van der Waals surface area contributed by atoms with Crippen LogP contribution in [0.5, 0.6) is 0 Å². The number of rotatable bonds is 1. The van der Waals surface area contributed by atoms with Crippen molar-refractivity contribution in [2.75, 3.05) is 0 Å². The molecule has 0 amide bonds. The van der Waals surface area contributed by atoms with Crippen LogP contribution in [0.15, 0.2) is 27.3 Å². The van der Waals surface area contributed by atoms with E-state index in [1.807, 2.05) is 6.07 Å². The van der Waals surface area contributed by atoms with E-state index in [9.17, 15) is 0 Å². The molecule has 1 aromatic heterocycles. The Morgan fingerprint density at radius 3 is 2.91 bits per heavy atom. The van der Waals surface area contributed by atoms with Crippen molar-refractivity contribution < 1.29 is 4.42 Å². The molecule has 0 spiro atoms. The van der Waals surface area contributed by atoms with Crippen molar-refractivity contribution >= 4 is 21.6 Å². The first kappa shape index (κ1) is 7.89. The number of nitrogens with two attached hydrogens (primary N) is 1. The Hall–Kier alpha value is -1.21. The number of hydrogen-bond acceptors (Lipinski definition) is 3. The first-order valence-electron chi connectivity index (χ1n) is 2.85. The van der Waals surface area contributed by atoms with Gasteiger partial charge in [0.15, 0.2) is 10.4 Å². The first-order chi connectivity index (χ1) is 5.24. The summed E-state index contributed by atoms with van der Waals surface area (Å²) in [5, 5.41) is 8.25. The molecule has 1 aromatic rings. The predicted octanol–water partition coefficient (Wildman–Crippen LogP) is 1.87. The molecule has 0 aliphatic heterocycles. The summed E-state index contributed by atoms with van der Waals surface area (Å²) in [6.45, 7) is 0. The van der Waals surface area contributed by atoms with Gasteiger partial charge in [-0.3, -0.25) is 0 Å². The molecule has 1 rings (SSSR count). The van der Waals surface area contributed by atoms with Crippen molar-refractivity contribution in [2.45, 2.75) is 0 Å². The van der Waals surface area contributed by atoms with E-state index in [0.29, 0.717) is 16.1 Å². The highest BCUT2D eigenvalue weighted by atomic mass is 79.9. The van der Waals surface area contributed by atoms with Crippen molar-refractivity contribution in [3.8, 4) is 6.07 Å². The van der Waals surface area contributed by atoms with Gasteiger partial charge in [0, 0.05) is 6.08 Å². The van der Waals surface area contributed by atoms with Gasteiger partial charge in [-0.25, -0.2) is 0 Å². The van der Waals surface area contributed by atoms with Crippen LogP contribution in [0.1, 0.15) is 5.76 Å². The zero-order valence-electron chi connectivity index (χ0n) is 5.54. The molecular weight excluding hydrogens is 208 g/mol. The molecule has 0 aliphatic carbocycles. The summed E-state index contributed by atoms with van der Waals surface area (Å²) < 4.78 is 5.67. The predicted molar refractivity (Wildman–Crippen MR) is 44.2 cm³/mol. The number of furan rings is 1. The van der Waals surface area contributed by atoms with Gasteiger partial charge in [0.25, 0.3) is 0 Å². The van der Waals surface area contributed by atoms with E-state index < -0.39 is 0 Å². The molecule has 0 aliphatic rings. The minimum absolute atomic E-state index is 0.332. The van der Waals surface area contributed by atoms with E-state index in [2.05, 4.69) is 15.9 Å². The second-order valence-corrected chi connectivity index (χ2v) is 2.61. The van der Waals surface area contributed by atoms with Crippen LogP contribution in [0.4, 0.5) is 0 Å². The van der Waals surface area contributed by atoms with Gasteiger partial charge in [-0.1, -0.05) is 0 Å². The highest BCUT2D eigenvalue weighted by Gasteiger charge is 2.00. The lowest BCUT2D eigenvalue weighted by Crippen LogP contribution is -1.92. The monoisotopic (exact) mass is 212 g/mol. The Morgan fingerprint density at radius 2 is 2.45 bits per heavy atom. The summed E-state index contributed by atoms with van der Waals surface area (Å²) in [6.07, 6.45) is 1.23. The van der Waals surface area contributed by atoms with E-state index in [1.165, 1.54) is 6.08 Å². The van der Waals surface area contributed by atoms with E-state index in [4.69, 9.17) is 15.4 Å². The van der Waals surface area contributed by atoms with Gasteiger partial charge in [0.1, 0.15) is 0 Å². The van der Waals surface area contributed by atoms with Crippen LogP contribution >= 0.6 is 15.9 Å². The summed E-state index contributed by atoms with van der Waals surface area (Å²) in [4.78, 5) is 0. The molecule has 0 saturated heterocycles. The van der Waals surface area contributed by atoms with E-state index in [1.54, 1.807) is 12.1 Å². The summed E-state index contributed by atoms with van der Waals surface area (Å²) in [5.74, 6) is 0.499. The molecule has 0 saturated carbocycles. The first-order valence-corrected chi connectivity index (χ1v) is 3.64. The van der Waals surface area contributed by atoms with Gasteiger partial charge in [0.2, 0.25) is 0 Å². The fraction of sp³-hybridized carbons (Fsp3) is 0. The molecule has 0 radical (unpaired) electrons. The Bertz CT molecular complexity index is 321. The van der Waals surface area contributed by atoms with Crippen LogP contribution in [-0.2, 0) is 0 Å². The average molecular weight is 213 g/mol. The van der Waals surface area contributed by atoms with Crippen LogP contribution in [0.25, 0.3) is 5.70 Å². The SMILES string of the molecule is N#C/C=C(\N)c1ccc(Br)o1. The van der Waals surface area contributed by atoms with Crippen LogP contribution in [0.2, 0.25) is 0 Å². The highest BCUT2D eigenvalue weighted by molar-refractivity contribution is 9.10. The molecule has 0 unspecified atom stereocenters. The van der Waals surface area contributed by atoms with Crippen molar-refractivity contribution in [3.05, 3.63) is 28.6 Å². The molecule has 0 bridgehead atoms. The smallest absolute Gasteiger partial charge is 0.169 e. The van der Waals surface area contributed by atoms with E-state index in [-0.39, 0.29) is 0 Å². The standard InChI is InChI=1S/C7H5BrN2O/c8-7-2-1-6(11-7)5(10)3-4-9/h1-3H,10H2/b5-3-. The van der Waals surface area contributed by atoms with Crippen molar-refractivity contribution in [1.29, 1.82) is 5.26 Å². The summed E-state index contributed by atoms with van der Waals surface area (Å²) >= 11 is 3.12. The molecule has 0 aromatic carbocycles. The molecule has 4 heteroatoms. The molecule has 3 nitrogen and oxygen atoms in total. The highest BCUT2D eigenvalue weighted by Crippen LogP contribution is 2.17. The largest absolute Gasteiger partial charge is 0.448 e. The number of nitrogens with zero attached hydrogens (tertiary/aromatic N) is 1. The topological polar surface area (TPSA) is 63.0 Å². The summed E-state index contributed by atoms with van der Waals surface area (Å²) in [7, 11) is 0. The normalized spacial score (nSPS) is 11.1. The third-order valence-corrected chi connectivity index (χ3v) is 1.50. The average Bonchev–Trinajstić information content (AvgIpc) is 2.36.